The molecule has 21 heavy (non-hydrogen) atoms. The number of para-hydroxylation sites is 1. The Balaban J connectivity index is 2.49. The molecule has 0 N–H and O–H groups in total. The second-order valence-electron chi connectivity index (χ2n) is 6.67. The molecule has 0 aliphatic rings. The summed E-state index contributed by atoms with van der Waals surface area (Å²) in [6.07, 6.45) is 0.832. The first-order valence-corrected chi connectivity index (χ1v) is 8.49. The van der Waals surface area contributed by atoms with E-state index in [0.717, 1.165) is 24.3 Å². The maximum Gasteiger partial charge on any atom is 0.111 e. The topological polar surface area (TPSA) is 17.8 Å². The van der Waals surface area contributed by atoms with Crippen LogP contribution in [0.25, 0.3) is 11.0 Å². The Labute approximate surface area is 133 Å². The summed E-state index contributed by atoms with van der Waals surface area (Å²) in [7, 11) is 0. The van der Waals surface area contributed by atoms with E-state index < -0.39 is 0 Å². The van der Waals surface area contributed by atoms with Crippen LogP contribution in [0, 0.1) is 24.7 Å². The molecule has 116 valence electrons. The number of benzene rings is 1. The fourth-order valence-corrected chi connectivity index (χ4v) is 3.39. The van der Waals surface area contributed by atoms with Crippen molar-refractivity contribution >= 4 is 22.6 Å². The van der Waals surface area contributed by atoms with Gasteiger partial charge >= 0.3 is 0 Å². The summed E-state index contributed by atoms with van der Waals surface area (Å²) in [6, 6.07) is 6.44. The van der Waals surface area contributed by atoms with Gasteiger partial charge in [0.2, 0.25) is 0 Å². The summed E-state index contributed by atoms with van der Waals surface area (Å²) in [5.74, 6) is 3.72. The number of imidazole rings is 1. The Bertz CT molecular complexity index is 591. The second kappa shape index (κ2) is 6.83. The summed E-state index contributed by atoms with van der Waals surface area (Å²) in [5, 5.41) is 0. The van der Waals surface area contributed by atoms with Crippen LogP contribution in [-0.4, -0.2) is 15.4 Å². The molecule has 1 heterocycles. The predicted octanol–water partition coefficient (Wildman–Crippen LogP) is 5.05. The lowest BCUT2D eigenvalue weighted by Crippen LogP contribution is -2.23. The molecule has 2 rings (SSSR count). The van der Waals surface area contributed by atoms with Gasteiger partial charge in [0.15, 0.2) is 0 Å². The number of aromatic nitrogens is 2. The van der Waals surface area contributed by atoms with Crippen LogP contribution < -0.4 is 0 Å². The summed E-state index contributed by atoms with van der Waals surface area (Å²) < 4.78 is 2.40. The molecule has 1 aromatic heterocycles. The Morgan fingerprint density at radius 2 is 1.81 bits per heavy atom. The van der Waals surface area contributed by atoms with Gasteiger partial charge in [0, 0.05) is 18.8 Å². The molecule has 0 saturated carbocycles. The van der Waals surface area contributed by atoms with Crippen LogP contribution in [0.5, 0.6) is 0 Å². The Morgan fingerprint density at radius 1 is 1.14 bits per heavy atom. The standard InChI is InChI=1S/C18H27ClN2/c1-12(2)15(13(3)4)11-21-16-8-6-7-14(5)18(16)20-17(21)9-10-19/h6-8,12-13,15H,9-11H2,1-5H3. The van der Waals surface area contributed by atoms with Crippen molar-refractivity contribution in [1.29, 1.82) is 0 Å². The van der Waals surface area contributed by atoms with E-state index in [1.807, 2.05) is 0 Å². The molecule has 2 nitrogen and oxygen atoms in total. The highest BCUT2D eigenvalue weighted by Crippen LogP contribution is 2.27. The predicted molar refractivity (Wildman–Crippen MR) is 92.1 cm³/mol. The van der Waals surface area contributed by atoms with Crippen molar-refractivity contribution < 1.29 is 0 Å². The van der Waals surface area contributed by atoms with Crippen LogP contribution in [0.4, 0.5) is 0 Å². The van der Waals surface area contributed by atoms with Crippen molar-refractivity contribution in [2.75, 3.05) is 5.88 Å². The molecule has 0 spiro atoms. The molecule has 0 atom stereocenters. The van der Waals surface area contributed by atoms with Crippen molar-refractivity contribution in [3.8, 4) is 0 Å². The van der Waals surface area contributed by atoms with Gasteiger partial charge in [0.05, 0.1) is 11.0 Å². The molecule has 0 amide bonds. The lowest BCUT2D eigenvalue weighted by atomic mass is 9.85. The zero-order valence-electron chi connectivity index (χ0n) is 13.9. The van der Waals surface area contributed by atoms with Gasteiger partial charge in [-0.15, -0.1) is 11.6 Å². The highest BCUT2D eigenvalue weighted by atomic mass is 35.5. The van der Waals surface area contributed by atoms with Crippen LogP contribution in [0.3, 0.4) is 0 Å². The van der Waals surface area contributed by atoms with E-state index in [2.05, 4.69) is 57.4 Å². The SMILES string of the molecule is Cc1cccc2c1nc(CCCl)n2CC(C(C)C)C(C)C. The van der Waals surface area contributed by atoms with Gasteiger partial charge in [-0.2, -0.15) is 0 Å². The number of aryl methyl sites for hydroxylation is 2. The number of rotatable bonds is 6. The summed E-state index contributed by atoms with van der Waals surface area (Å²) >= 11 is 5.98. The molecule has 0 aliphatic heterocycles. The second-order valence-corrected chi connectivity index (χ2v) is 7.05. The van der Waals surface area contributed by atoms with Crippen LogP contribution >= 0.6 is 11.6 Å². The molecule has 0 aliphatic carbocycles. The van der Waals surface area contributed by atoms with Gasteiger partial charge in [0.1, 0.15) is 5.82 Å². The van der Waals surface area contributed by atoms with Gasteiger partial charge < -0.3 is 4.57 Å². The van der Waals surface area contributed by atoms with Crippen LogP contribution in [0.15, 0.2) is 18.2 Å². The van der Waals surface area contributed by atoms with E-state index in [1.54, 1.807) is 0 Å². The third kappa shape index (κ3) is 3.42. The number of nitrogens with zero attached hydrogens (tertiary/aromatic N) is 2. The number of halogens is 1. The fraction of sp³-hybridized carbons (Fsp3) is 0.611. The molecule has 2 aromatic rings. The van der Waals surface area contributed by atoms with E-state index in [9.17, 15) is 0 Å². The fourth-order valence-electron chi connectivity index (χ4n) is 3.22. The minimum atomic E-state index is 0.621. The Morgan fingerprint density at radius 3 is 2.38 bits per heavy atom. The normalized spacial score (nSPS) is 12.2. The lowest BCUT2D eigenvalue weighted by Gasteiger charge is -2.26. The van der Waals surface area contributed by atoms with Crippen molar-refractivity contribution in [3.63, 3.8) is 0 Å². The summed E-state index contributed by atoms with van der Waals surface area (Å²) in [6.45, 7) is 12.4. The Hall–Kier alpha value is -1.02. The van der Waals surface area contributed by atoms with Gasteiger partial charge in [-0.3, -0.25) is 0 Å². The average molecular weight is 307 g/mol. The van der Waals surface area contributed by atoms with Crippen molar-refractivity contribution in [1.82, 2.24) is 9.55 Å². The van der Waals surface area contributed by atoms with Crippen LogP contribution in [0.1, 0.15) is 39.1 Å². The molecular weight excluding hydrogens is 280 g/mol. The van der Waals surface area contributed by atoms with Crippen molar-refractivity contribution in [2.24, 2.45) is 17.8 Å². The number of alkyl halides is 1. The third-order valence-corrected chi connectivity index (χ3v) is 4.67. The zero-order valence-corrected chi connectivity index (χ0v) is 14.6. The Kier molecular flexibility index (Phi) is 5.32. The molecule has 1 aromatic carbocycles. The first-order valence-electron chi connectivity index (χ1n) is 7.96. The smallest absolute Gasteiger partial charge is 0.111 e. The highest BCUT2D eigenvalue weighted by Gasteiger charge is 2.21. The summed E-state index contributed by atoms with van der Waals surface area (Å²) in [5.41, 5.74) is 3.62. The minimum absolute atomic E-state index is 0.621. The van der Waals surface area contributed by atoms with Gasteiger partial charge in [-0.25, -0.2) is 4.98 Å². The quantitative estimate of drug-likeness (QED) is 0.683. The monoisotopic (exact) mass is 306 g/mol. The number of fused-ring (bicyclic) bond motifs is 1. The van der Waals surface area contributed by atoms with E-state index in [-0.39, 0.29) is 0 Å². The van der Waals surface area contributed by atoms with E-state index in [1.165, 1.54) is 11.1 Å². The molecule has 0 radical (unpaired) electrons. The average Bonchev–Trinajstić information content (AvgIpc) is 2.75. The van der Waals surface area contributed by atoms with E-state index >= 15 is 0 Å². The largest absolute Gasteiger partial charge is 0.328 e. The number of hydrogen-bond acceptors (Lipinski definition) is 1. The maximum absolute atomic E-state index is 5.98. The van der Waals surface area contributed by atoms with Gasteiger partial charge in [-0.1, -0.05) is 39.8 Å². The lowest BCUT2D eigenvalue weighted by molar-refractivity contribution is 0.252. The number of hydrogen-bond donors (Lipinski definition) is 0. The first kappa shape index (κ1) is 16.4. The molecule has 0 fully saturated rings. The van der Waals surface area contributed by atoms with Crippen LogP contribution in [-0.2, 0) is 13.0 Å². The highest BCUT2D eigenvalue weighted by molar-refractivity contribution is 6.17. The van der Waals surface area contributed by atoms with Gasteiger partial charge in [0.25, 0.3) is 0 Å². The van der Waals surface area contributed by atoms with Crippen molar-refractivity contribution in [3.05, 3.63) is 29.6 Å². The molecule has 0 bridgehead atoms. The van der Waals surface area contributed by atoms with E-state index in [0.29, 0.717) is 23.6 Å². The molecule has 0 saturated heterocycles. The molecule has 0 unspecified atom stereocenters. The van der Waals surface area contributed by atoms with Gasteiger partial charge in [-0.05, 0) is 36.3 Å². The zero-order chi connectivity index (χ0) is 15.6. The minimum Gasteiger partial charge on any atom is -0.328 e. The maximum atomic E-state index is 5.98. The summed E-state index contributed by atoms with van der Waals surface area (Å²) in [4.78, 5) is 4.85. The third-order valence-electron chi connectivity index (χ3n) is 4.48. The molecular formula is C18H27ClN2. The first-order chi connectivity index (χ1) is 9.95. The molecule has 3 heteroatoms. The van der Waals surface area contributed by atoms with Crippen LogP contribution in [0.2, 0.25) is 0 Å². The van der Waals surface area contributed by atoms with E-state index in [4.69, 9.17) is 16.6 Å². The van der Waals surface area contributed by atoms with Crippen molar-refractivity contribution in [2.45, 2.75) is 47.6 Å².